The number of rotatable bonds is 9. The van der Waals surface area contributed by atoms with Crippen molar-refractivity contribution >= 4 is 58.6 Å². The Kier molecular flexibility index (Phi) is 9.37. The zero-order valence-corrected chi connectivity index (χ0v) is 29.8. The van der Waals surface area contributed by atoms with E-state index in [1.165, 1.54) is 12.1 Å². The fourth-order valence-electron chi connectivity index (χ4n) is 8.63. The van der Waals surface area contributed by atoms with Crippen LogP contribution in [0.5, 0.6) is 11.5 Å². The molecule has 54 heavy (non-hydrogen) atoms. The number of benzene rings is 2. The minimum Gasteiger partial charge on any atom is -0.504 e. The van der Waals surface area contributed by atoms with Crippen molar-refractivity contribution in [3.8, 4) is 11.5 Å². The van der Waals surface area contributed by atoms with Gasteiger partial charge in [0, 0.05) is 23.7 Å². The number of aliphatic carboxylic acids is 1. The van der Waals surface area contributed by atoms with Gasteiger partial charge in [0.05, 0.1) is 46.8 Å². The molecule has 2 aliphatic carbocycles. The normalized spacial score (nSPS) is 26.3. The van der Waals surface area contributed by atoms with E-state index in [1.54, 1.807) is 43.3 Å². The van der Waals surface area contributed by atoms with Gasteiger partial charge in [0.1, 0.15) is 0 Å². The van der Waals surface area contributed by atoms with Gasteiger partial charge in [-0.2, -0.15) is 18.2 Å². The first-order valence-corrected chi connectivity index (χ1v) is 17.7. The Labute approximate surface area is 315 Å². The summed E-state index contributed by atoms with van der Waals surface area (Å²) in [6.07, 6.45) is -2.99. The number of hydrazine groups is 1. The largest absolute Gasteiger partial charge is 0.504 e. The van der Waals surface area contributed by atoms with Crippen molar-refractivity contribution in [1.29, 1.82) is 0 Å². The van der Waals surface area contributed by atoms with Crippen LogP contribution in [0.2, 0.25) is 10.0 Å². The maximum Gasteiger partial charge on any atom is 0.417 e. The summed E-state index contributed by atoms with van der Waals surface area (Å²) in [7, 11) is 0. The number of imide groups is 2. The van der Waals surface area contributed by atoms with Crippen molar-refractivity contribution in [2.75, 3.05) is 18.6 Å². The highest BCUT2D eigenvalue weighted by atomic mass is 35.5. The van der Waals surface area contributed by atoms with Crippen molar-refractivity contribution in [2.45, 2.75) is 43.7 Å². The van der Waals surface area contributed by atoms with Crippen LogP contribution in [0.15, 0.2) is 66.4 Å². The molecule has 0 bridgehead atoms. The number of hydrogen-bond donors (Lipinski definition) is 3. The lowest BCUT2D eigenvalue weighted by atomic mass is 9.49. The molecule has 3 fully saturated rings. The molecular weight excluding hydrogens is 756 g/mol. The second-order valence-corrected chi connectivity index (χ2v) is 14.4. The fraction of sp³-hybridized carbons (Fsp3) is 0.351. The molecule has 6 atom stereocenters. The highest BCUT2D eigenvalue weighted by molar-refractivity contribution is 6.33. The number of carbonyl (C=O) groups excluding carboxylic acids is 4. The van der Waals surface area contributed by atoms with Gasteiger partial charge in [-0.25, -0.2) is 4.98 Å². The number of aromatic hydroxyl groups is 1. The number of carboxylic acids is 1. The summed E-state index contributed by atoms with van der Waals surface area (Å²) in [4.78, 5) is 73.7. The van der Waals surface area contributed by atoms with E-state index in [0.717, 1.165) is 4.90 Å². The molecule has 7 rings (SSSR count). The molecule has 0 unspecified atom stereocenters. The Balaban J connectivity index is 1.42. The number of anilines is 1. The molecule has 0 spiro atoms. The van der Waals surface area contributed by atoms with Crippen LogP contribution >= 0.6 is 23.2 Å². The van der Waals surface area contributed by atoms with E-state index in [2.05, 4.69) is 10.4 Å². The number of nitrogens with one attached hydrogen (secondary N) is 1. The van der Waals surface area contributed by atoms with Gasteiger partial charge in [-0.15, -0.1) is 0 Å². The number of carboxylic acid groups (broad SMARTS) is 1. The van der Waals surface area contributed by atoms with Crippen molar-refractivity contribution in [3.05, 3.63) is 93.1 Å². The summed E-state index contributed by atoms with van der Waals surface area (Å²) in [5, 5.41) is 20.5. The van der Waals surface area contributed by atoms with Gasteiger partial charge < -0.3 is 14.9 Å². The zero-order valence-electron chi connectivity index (χ0n) is 28.3. The number of halogens is 5. The summed E-state index contributed by atoms with van der Waals surface area (Å²) in [6.45, 7) is 1.54. The number of ether oxygens (including phenoxy) is 1. The predicted octanol–water partition coefficient (Wildman–Crippen LogP) is 5.97. The van der Waals surface area contributed by atoms with Gasteiger partial charge in [-0.1, -0.05) is 53.1 Å². The number of fused-ring (bicyclic) bond motifs is 4. The van der Waals surface area contributed by atoms with Gasteiger partial charge in [0.15, 0.2) is 17.3 Å². The quantitative estimate of drug-likeness (QED) is 0.174. The zero-order chi connectivity index (χ0) is 38.9. The third kappa shape index (κ3) is 5.84. The van der Waals surface area contributed by atoms with E-state index < -0.39 is 93.6 Å². The van der Waals surface area contributed by atoms with E-state index in [-0.39, 0.29) is 37.5 Å². The summed E-state index contributed by atoms with van der Waals surface area (Å²) in [5.41, 5.74) is 0.946. The van der Waals surface area contributed by atoms with Crippen LogP contribution in [0.3, 0.4) is 0 Å². The Morgan fingerprint density at radius 3 is 2.41 bits per heavy atom. The number of phenols is 1. The first-order valence-electron chi connectivity index (χ1n) is 17.0. The van der Waals surface area contributed by atoms with E-state index in [4.69, 9.17) is 27.9 Å². The van der Waals surface area contributed by atoms with Crippen LogP contribution in [0.1, 0.15) is 48.8 Å². The molecule has 0 radical (unpaired) electrons. The van der Waals surface area contributed by atoms with Crippen molar-refractivity contribution in [3.63, 3.8) is 0 Å². The SMILES string of the molecule is CCOc1cc([C@H]2C3=CC[C@@H]4C(=O)N(CCC(=O)O)C(=O)[C@@H]4[C@@H]3C[C@H]3C(=O)N(Nc4ncc(C(F)(F)F)cc4Cl)C(=O)[C@@]23c2ccc(Cl)cc2)ccc1O. The van der Waals surface area contributed by atoms with Crippen molar-refractivity contribution in [2.24, 2.45) is 23.7 Å². The monoisotopic (exact) mass is 786 g/mol. The number of aromatic nitrogens is 1. The summed E-state index contributed by atoms with van der Waals surface area (Å²) >= 11 is 12.5. The number of alkyl halides is 3. The molecule has 4 aliphatic rings. The average Bonchev–Trinajstić information content (AvgIpc) is 3.49. The topological polar surface area (TPSA) is 166 Å². The second-order valence-electron chi connectivity index (χ2n) is 13.6. The molecule has 17 heteroatoms. The molecule has 3 aromatic rings. The predicted molar refractivity (Wildman–Crippen MR) is 185 cm³/mol. The van der Waals surface area contributed by atoms with Gasteiger partial charge in [-0.3, -0.25) is 34.3 Å². The van der Waals surface area contributed by atoms with Crippen LogP contribution in [-0.2, 0) is 35.6 Å². The number of carbonyl (C=O) groups is 5. The van der Waals surface area contributed by atoms with Crippen LogP contribution < -0.4 is 10.2 Å². The second kappa shape index (κ2) is 13.6. The first-order chi connectivity index (χ1) is 25.6. The lowest BCUT2D eigenvalue weighted by molar-refractivity contribution is -0.143. The molecule has 1 saturated carbocycles. The number of pyridine rings is 1. The maximum absolute atomic E-state index is 15.2. The average molecular weight is 788 g/mol. The van der Waals surface area contributed by atoms with Gasteiger partial charge in [0.25, 0.3) is 11.8 Å². The Morgan fingerprint density at radius 2 is 1.76 bits per heavy atom. The summed E-state index contributed by atoms with van der Waals surface area (Å²) < 4.78 is 46.0. The van der Waals surface area contributed by atoms with E-state index in [9.17, 15) is 42.6 Å². The van der Waals surface area contributed by atoms with Crippen molar-refractivity contribution in [1.82, 2.24) is 14.9 Å². The number of nitrogens with zero attached hydrogens (tertiary/aromatic N) is 3. The van der Waals surface area contributed by atoms with Gasteiger partial charge >= 0.3 is 12.1 Å². The standard InChI is InChI=1S/C37H31Cl2F3N4O8/c1-2-54-27-13-17(3-10-26(27)47)30-21-8-9-22-29(34(52)45(32(22)50)12-11-28(48)49)23(21)15-24-33(51)46(35(53)36(24,30)18-4-6-20(38)7-5-18)44-31-25(39)14-19(16-43-31)37(40,41)42/h3-8,10,13-14,16,22-24,29-30,47H,2,9,11-12,15H2,1H3,(H,43,44)(H,48,49)/t22-,23+,24-,29-,30-,36+/m0/s1. The van der Waals surface area contributed by atoms with E-state index in [0.29, 0.717) is 39.0 Å². The molecule has 1 aromatic heterocycles. The number of likely N-dealkylation sites (tertiary alicyclic amines) is 1. The molecule has 4 amide bonds. The maximum atomic E-state index is 15.2. The molecule has 2 aromatic carbocycles. The smallest absolute Gasteiger partial charge is 0.417 e. The van der Waals surface area contributed by atoms with Gasteiger partial charge in [0.2, 0.25) is 11.8 Å². The van der Waals surface area contributed by atoms with Crippen LogP contribution in [0, 0.1) is 23.7 Å². The lowest BCUT2D eigenvalue weighted by Crippen LogP contribution is -2.53. The number of hydrogen-bond acceptors (Lipinski definition) is 9. The van der Waals surface area contributed by atoms with E-state index >= 15 is 4.79 Å². The minimum absolute atomic E-state index is 0.0775. The molecule has 3 N–H and O–H groups in total. The fourth-order valence-corrected chi connectivity index (χ4v) is 8.97. The third-order valence-electron chi connectivity index (χ3n) is 10.8. The summed E-state index contributed by atoms with van der Waals surface area (Å²) in [5.74, 6) is -9.39. The van der Waals surface area contributed by atoms with Crippen LogP contribution in [0.4, 0.5) is 19.0 Å². The highest BCUT2D eigenvalue weighted by Gasteiger charge is 2.70. The first kappa shape index (κ1) is 37.2. The molecule has 2 saturated heterocycles. The molecule has 2 aliphatic heterocycles. The van der Waals surface area contributed by atoms with Crippen LogP contribution in [-0.4, -0.2) is 67.9 Å². The summed E-state index contributed by atoms with van der Waals surface area (Å²) in [6, 6.07) is 11.4. The van der Waals surface area contributed by atoms with E-state index in [1.807, 2.05) is 0 Å². The molecule has 3 heterocycles. The van der Waals surface area contributed by atoms with Crippen molar-refractivity contribution < 1.29 is 52.1 Å². The minimum atomic E-state index is -4.77. The number of phenolic OH excluding ortho intramolecular Hbond substituents is 1. The Morgan fingerprint density at radius 1 is 1.04 bits per heavy atom. The molecule has 282 valence electrons. The lowest BCUT2D eigenvalue weighted by Gasteiger charge is -2.50. The van der Waals surface area contributed by atoms with Crippen LogP contribution in [0.25, 0.3) is 0 Å². The Bertz CT molecular complexity index is 2130. The third-order valence-corrected chi connectivity index (χ3v) is 11.4. The Hall–Kier alpha value is -5.15. The molecular formula is C37H31Cl2F3N4O8. The number of amides is 4. The number of allylic oxidation sites excluding steroid dienone is 2. The van der Waals surface area contributed by atoms with Gasteiger partial charge in [-0.05, 0) is 67.1 Å². The molecule has 12 nitrogen and oxygen atoms in total. The highest BCUT2D eigenvalue weighted by Crippen LogP contribution is 2.64.